The number of aromatic nitrogens is 1. The van der Waals surface area contributed by atoms with Crippen molar-refractivity contribution < 1.29 is 23.5 Å². The Morgan fingerprint density at radius 3 is 2.81 bits per heavy atom. The van der Waals surface area contributed by atoms with Gasteiger partial charge in [0, 0.05) is 13.6 Å². The van der Waals surface area contributed by atoms with E-state index >= 15 is 0 Å². The Balaban J connectivity index is 2.02. The molecule has 0 aliphatic heterocycles. The minimum Gasteiger partial charge on any atom is -0.481 e. The van der Waals surface area contributed by atoms with Crippen LogP contribution in [0.4, 0.5) is 0 Å². The second kappa shape index (κ2) is 6.25. The maximum Gasteiger partial charge on any atom is 0.305 e. The second-order valence-corrected chi connectivity index (χ2v) is 4.64. The molecule has 112 valence electrons. The largest absolute Gasteiger partial charge is 0.481 e. The SMILES string of the molecule is Cc1oc(-c2ccco2)nc1CC(=O)N(C)CCC(=O)O. The van der Waals surface area contributed by atoms with Crippen LogP contribution in [0.15, 0.2) is 27.2 Å². The number of aliphatic carboxylic acids is 1. The Labute approximate surface area is 121 Å². The minimum absolute atomic E-state index is 0.0617. The van der Waals surface area contributed by atoms with Crippen molar-refractivity contribution in [3.8, 4) is 11.7 Å². The third-order valence-corrected chi connectivity index (χ3v) is 3.03. The van der Waals surface area contributed by atoms with Gasteiger partial charge in [0.25, 0.3) is 5.89 Å². The molecule has 2 aromatic rings. The van der Waals surface area contributed by atoms with Crippen LogP contribution in [-0.4, -0.2) is 40.5 Å². The fraction of sp³-hybridized carbons (Fsp3) is 0.357. The number of oxazole rings is 1. The molecule has 21 heavy (non-hydrogen) atoms. The van der Waals surface area contributed by atoms with Crippen LogP contribution in [-0.2, 0) is 16.0 Å². The van der Waals surface area contributed by atoms with Crippen LogP contribution >= 0.6 is 0 Å². The normalized spacial score (nSPS) is 10.6. The summed E-state index contributed by atoms with van der Waals surface area (Å²) in [5.41, 5.74) is 0.522. The number of amides is 1. The standard InChI is InChI=1S/C14H16N2O5/c1-9-10(8-12(17)16(2)6-5-13(18)19)15-14(21-9)11-4-3-7-20-11/h3-4,7H,5-6,8H2,1-2H3,(H,18,19). The molecule has 0 unspecified atom stereocenters. The molecule has 2 rings (SSSR count). The zero-order chi connectivity index (χ0) is 15.4. The third kappa shape index (κ3) is 3.71. The van der Waals surface area contributed by atoms with Gasteiger partial charge in [0.1, 0.15) is 5.76 Å². The molecule has 0 aromatic carbocycles. The van der Waals surface area contributed by atoms with Crippen molar-refractivity contribution in [2.24, 2.45) is 0 Å². The lowest BCUT2D eigenvalue weighted by Crippen LogP contribution is -2.30. The lowest BCUT2D eigenvalue weighted by molar-refractivity contribution is -0.138. The van der Waals surface area contributed by atoms with Crippen molar-refractivity contribution in [2.75, 3.05) is 13.6 Å². The number of rotatable bonds is 6. The van der Waals surface area contributed by atoms with Gasteiger partial charge in [-0.15, -0.1) is 0 Å². The predicted octanol–water partition coefficient (Wildman–Crippen LogP) is 1.72. The van der Waals surface area contributed by atoms with Crippen LogP contribution in [0.1, 0.15) is 17.9 Å². The van der Waals surface area contributed by atoms with E-state index in [1.54, 1.807) is 26.1 Å². The molecule has 2 heterocycles. The topological polar surface area (TPSA) is 96.8 Å². The predicted molar refractivity (Wildman–Crippen MR) is 72.5 cm³/mol. The van der Waals surface area contributed by atoms with Gasteiger partial charge in [0.05, 0.1) is 24.8 Å². The average Bonchev–Trinajstić information content (AvgIpc) is 3.06. The number of aryl methyl sites for hydroxylation is 1. The van der Waals surface area contributed by atoms with E-state index in [9.17, 15) is 9.59 Å². The number of hydrogen-bond acceptors (Lipinski definition) is 5. The smallest absolute Gasteiger partial charge is 0.305 e. The highest BCUT2D eigenvalue weighted by Crippen LogP contribution is 2.22. The first kappa shape index (κ1) is 14.8. The molecule has 0 saturated carbocycles. The number of likely N-dealkylation sites (N-methyl/N-ethyl adjacent to an activating group) is 1. The molecular weight excluding hydrogens is 276 g/mol. The van der Waals surface area contributed by atoms with Crippen LogP contribution in [0.5, 0.6) is 0 Å². The van der Waals surface area contributed by atoms with Crippen molar-refractivity contribution in [1.29, 1.82) is 0 Å². The number of carboxylic acid groups (broad SMARTS) is 1. The number of hydrogen-bond donors (Lipinski definition) is 1. The highest BCUT2D eigenvalue weighted by atomic mass is 16.4. The van der Waals surface area contributed by atoms with Crippen LogP contribution in [0.25, 0.3) is 11.7 Å². The van der Waals surface area contributed by atoms with Crippen LogP contribution in [0, 0.1) is 6.92 Å². The van der Waals surface area contributed by atoms with Crippen LogP contribution in [0.2, 0.25) is 0 Å². The first-order valence-electron chi connectivity index (χ1n) is 6.43. The van der Waals surface area contributed by atoms with E-state index in [1.165, 1.54) is 11.2 Å². The number of carboxylic acids is 1. The number of furan rings is 1. The van der Waals surface area contributed by atoms with Gasteiger partial charge in [-0.3, -0.25) is 9.59 Å². The third-order valence-electron chi connectivity index (χ3n) is 3.03. The summed E-state index contributed by atoms with van der Waals surface area (Å²) in [7, 11) is 1.56. The van der Waals surface area contributed by atoms with Crippen molar-refractivity contribution in [2.45, 2.75) is 19.8 Å². The summed E-state index contributed by atoms with van der Waals surface area (Å²) >= 11 is 0. The molecule has 0 spiro atoms. The minimum atomic E-state index is -0.938. The lowest BCUT2D eigenvalue weighted by atomic mass is 10.2. The molecule has 0 atom stereocenters. The van der Waals surface area contributed by atoms with Crippen molar-refractivity contribution in [3.05, 3.63) is 29.9 Å². The van der Waals surface area contributed by atoms with Crippen LogP contribution < -0.4 is 0 Å². The summed E-state index contributed by atoms with van der Waals surface area (Å²) in [5, 5.41) is 8.61. The fourth-order valence-corrected chi connectivity index (χ4v) is 1.76. The summed E-state index contributed by atoms with van der Waals surface area (Å²) < 4.78 is 10.7. The molecule has 2 aromatic heterocycles. The van der Waals surface area contributed by atoms with Crippen LogP contribution in [0.3, 0.4) is 0 Å². The van der Waals surface area contributed by atoms with Gasteiger partial charge in [0.2, 0.25) is 5.91 Å². The van der Waals surface area contributed by atoms with E-state index in [0.717, 1.165) is 0 Å². The first-order chi connectivity index (χ1) is 9.97. The summed E-state index contributed by atoms with van der Waals surface area (Å²) in [6.07, 6.45) is 1.49. The Morgan fingerprint density at radius 1 is 1.43 bits per heavy atom. The van der Waals surface area contributed by atoms with Gasteiger partial charge in [-0.1, -0.05) is 0 Å². The molecule has 1 N–H and O–H groups in total. The lowest BCUT2D eigenvalue weighted by Gasteiger charge is -2.15. The van der Waals surface area contributed by atoms with Crippen molar-refractivity contribution >= 4 is 11.9 Å². The monoisotopic (exact) mass is 292 g/mol. The molecule has 0 saturated heterocycles. The zero-order valence-electron chi connectivity index (χ0n) is 11.8. The van der Waals surface area contributed by atoms with E-state index in [-0.39, 0.29) is 25.3 Å². The zero-order valence-corrected chi connectivity index (χ0v) is 11.8. The van der Waals surface area contributed by atoms with E-state index < -0.39 is 5.97 Å². The molecule has 7 nitrogen and oxygen atoms in total. The Bertz CT molecular complexity index is 630. The van der Waals surface area contributed by atoms with E-state index in [0.29, 0.717) is 23.1 Å². The molecule has 0 radical (unpaired) electrons. The van der Waals surface area contributed by atoms with Gasteiger partial charge >= 0.3 is 5.97 Å². The summed E-state index contributed by atoms with van der Waals surface area (Å²) in [5.74, 6) is 0.219. The number of carbonyl (C=O) groups excluding carboxylic acids is 1. The van der Waals surface area contributed by atoms with E-state index in [2.05, 4.69) is 4.98 Å². The number of nitrogens with zero attached hydrogens (tertiary/aromatic N) is 2. The second-order valence-electron chi connectivity index (χ2n) is 4.64. The van der Waals surface area contributed by atoms with E-state index in [1.807, 2.05) is 0 Å². The Hall–Kier alpha value is -2.57. The highest BCUT2D eigenvalue weighted by molar-refractivity contribution is 5.79. The summed E-state index contributed by atoms with van der Waals surface area (Å²) in [4.78, 5) is 28.1. The molecule has 0 bridgehead atoms. The molecule has 1 amide bonds. The van der Waals surface area contributed by atoms with Crippen molar-refractivity contribution in [3.63, 3.8) is 0 Å². The summed E-state index contributed by atoms with van der Waals surface area (Å²) in [6, 6.07) is 3.44. The Morgan fingerprint density at radius 2 is 2.19 bits per heavy atom. The molecule has 0 fully saturated rings. The Kier molecular flexibility index (Phi) is 4.42. The van der Waals surface area contributed by atoms with Gasteiger partial charge in [-0.05, 0) is 19.1 Å². The van der Waals surface area contributed by atoms with E-state index in [4.69, 9.17) is 13.9 Å². The maximum absolute atomic E-state index is 12.0. The molecule has 7 heteroatoms. The maximum atomic E-state index is 12.0. The number of carbonyl (C=O) groups is 2. The van der Waals surface area contributed by atoms with Gasteiger partial charge in [-0.25, -0.2) is 4.98 Å². The molecule has 0 aliphatic carbocycles. The van der Waals surface area contributed by atoms with Gasteiger partial charge in [-0.2, -0.15) is 0 Å². The molecular formula is C14H16N2O5. The quantitative estimate of drug-likeness (QED) is 0.870. The summed E-state index contributed by atoms with van der Waals surface area (Å²) in [6.45, 7) is 1.88. The first-order valence-corrected chi connectivity index (χ1v) is 6.43. The highest BCUT2D eigenvalue weighted by Gasteiger charge is 2.18. The van der Waals surface area contributed by atoms with Gasteiger partial charge in [0.15, 0.2) is 5.76 Å². The average molecular weight is 292 g/mol. The van der Waals surface area contributed by atoms with Crippen molar-refractivity contribution in [1.82, 2.24) is 9.88 Å². The molecule has 0 aliphatic rings. The fourth-order valence-electron chi connectivity index (χ4n) is 1.76. The van der Waals surface area contributed by atoms with Gasteiger partial charge < -0.3 is 18.8 Å².